The topological polar surface area (TPSA) is 97.5 Å². The minimum atomic E-state index is -3.88. The fraction of sp³-hybridized carbons (Fsp3) is 0.400. The molecule has 0 fully saturated rings. The fourth-order valence-electron chi connectivity index (χ4n) is 1.35. The molecule has 0 amide bonds. The van der Waals surface area contributed by atoms with Crippen LogP contribution in [-0.2, 0) is 26.4 Å². The van der Waals surface area contributed by atoms with Crippen LogP contribution in [0.3, 0.4) is 0 Å². The van der Waals surface area contributed by atoms with E-state index in [1.807, 2.05) is 0 Å². The number of sulfone groups is 1. The third kappa shape index (κ3) is 3.97. The Kier molecular flexibility index (Phi) is 4.36. The normalized spacial score (nSPS) is 12.4. The van der Waals surface area contributed by atoms with Gasteiger partial charge in [-0.3, -0.25) is 4.31 Å². The molecule has 1 aromatic carbocycles. The Bertz CT molecular complexity index is 606. The standard InChI is InChI=1S/C10H16N2O4S2/c1-12(18(15,16)8-17(2,13)14)10-5-3-9(7-11)4-6-10/h3-6H,7-8,11H2,1-2H3. The van der Waals surface area contributed by atoms with Crippen LogP contribution >= 0.6 is 0 Å². The Morgan fingerprint density at radius 3 is 2.00 bits per heavy atom. The summed E-state index contributed by atoms with van der Waals surface area (Å²) >= 11 is 0. The highest BCUT2D eigenvalue weighted by Gasteiger charge is 2.23. The Morgan fingerprint density at radius 1 is 1.11 bits per heavy atom. The van der Waals surface area contributed by atoms with E-state index in [1.165, 1.54) is 7.05 Å². The molecule has 0 heterocycles. The van der Waals surface area contributed by atoms with E-state index in [4.69, 9.17) is 5.73 Å². The van der Waals surface area contributed by atoms with Gasteiger partial charge in [0.05, 0.1) is 5.69 Å². The number of nitrogens with zero attached hydrogens (tertiary/aromatic N) is 1. The summed E-state index contributed by atoms with van der Waals surface area (Å²) in [6, 6.07) is 6.56. The maximum absolute atomic E-state index is 11.8. The maximum Gasteiger partial charge on any atom is 0.249 e. The smallest absolute Gasteiger partial charge is 0.249 e. The van der Waals surface area contributed by atoms with Crippen LogP contribution in [0.25, 0.3) is 0 Å². The van der Waals surface area contributed by atoms with E-state index in [0.717, 1.165) is 16.1 Å². The third-order valence-corrected chi connectivity index (χ3v) is 6.27. The molecule has 6 nitrogen and oxygen atoms in total. The number of nitrogens with two attached hydrogens (primary N) is 1. The van der Waals surface area contributed by atoms with Gasteiger partial charge in [0.2, 0.25) is 10.0 Å². The summed E-state index contributed by atoms with van der Waals surface area (Å²) in [6.45, 7) is 0.361. The first-order valence-electron chi connectivity index (χ1n) is 5.09. The summed E-state index contributed by atoms with van der Waals surface area (Å²) in [5.41, 5.74) is 6.70. The second kappa shape index (κ2) is 5.25. The average Bonchev–Trinajstić information content (AvgIpc) is 2.25. The molecule has 2 N–H and O–H groups in total. The van der Waals surface area contributed by atoms with Gasteiger partial charge in [-0.25, -0.2) is 16.8 Å². The number of hydrogen-bond acceptors (Lipinski definition) is 5. The molecule has 0 unspecified atom stereocenters. The van der Waals surface area contributed by atoms with Crippen molar-refractivity contribution in [3.05, 3.63) is 29.8 Å². The van der Waals surface area contributed by atoms with Gasteiger partial charge in [-0.2, -0.15) is 0 Å². The zero-order chi connectivity index (χ0) is 14.0. The van der Waals surface area contributed by atoms with Crippen LogP contribution in [0.2, 0.25) is 0 Å². The zero-order valence-corrected chi connectivity index (χ0v) is 11.8. The molecular weight excluding hydrogens is 276 g/mol. The molecule has 0 bridgehead atoms. The average molecular weight is 292 g/mol. The Balaban J connectivity index is 3.02. The van der Waals surface area contributed by atoms with Crippen molar-refractivity contribution in [2.45, 2.75) is 6.54 Å². The number of rotatable bonds is 5. The van der Waals surface area contributed by atoms with Crippen molar-refractivity contribution in [1.82, 2.24) is 0 Å². The largest absolute Gasteiger partial charge is 0.326 e. The van der Waals surface area contributed by atoms with Crippen molar-refractivity contribution in [1.29, 1.82) is 0 Å². The van der Waals surface area contributed by atoms with Crippen LogP contribution in [0.15, 0.2) is 24.3 Å². The summed E-state index contributed by atoms with van der Waals surface area (Å²) in [7, 11) is -6.16. The molecule has 1 rings (SSSR count). The van der Waals surface area contributed by atoms with Crippen LogP contribution in [0, 0.1) is 0 Å². The van der Waals surface area contributed by atoms with Crippen molar-refractivity contribution in [2.75, 3.05) is 22.7 Å². The van der Waals surface area contributed by atoms with Crippen molar-refractivity contribution in [2.24, 2.45) is 5.73 Å². The fourth-order valence-corrected chi connectivity index (χ4v) is 4.59. The molecule has 0 aliphatic heterocycles. The van der Waals surface area contributed by atoms with Crippen molar-refractivity contribution >= 4 is 25.5 Å². The lowest BCUT2D eigenvalue weighted by atomic mass is 10.2. The first-order valence-corrected chi connectivity index (χ1v) is 8.76. The zero-order valence-electron chi connectivity index (χ0n) is 10.2. The van der Waals surface area contributed by atoms with Gasteiger partial charge in [-0.05, 0) is 17.7 Å². The molecule has 0 aromatic heterocycles. The molecule has 1 aromatic rings. The van der Waals surface area contributed by atoms with Gasteiger partial charge in [0.25, 0.3) is 0 Å². The molecule has 102 valence electrons. The SMILES string of the molecule is CN(c1ccc(CN)cc1)S(=O)(=O)CS(C)(=O)=O. The van der Waals surface area contributed by atoms with E-state index in [9.17, 15) is 16.8 Å². The number of benzene rings is 1. The molecule has 0 atom stereocenters. The second-order valence-corrected chi connectivity index (χ2v) is 8.50. The van der Waals surface area contributed by atoms with Crippen LogP contribution < -0.4 is 10.0 Å². The Labute approximate surface area is 107 Å². The lowest BCUT2D eigenvalue weighted by Crippen LogP contribution is -2.31. The third-order valence-electron chi connectivity index (χ3n) is 2.32. The lowest BCUT2D eigenvalue weighted by Gasteiger charge is -2.19. The molecule has 0 saturated heterocycles. The predicted octanol–water partition coefficient (Wildman–Crippen LogP) is -0.0866. The highest BCUT2D eigenvalue weighted by atomic mass is 32.3. The molecular formula is C10H16N2O4S2. The molecule has 0 saturated carbocycles. The number of hydrogen-bond donors (Lipinski definition) is 1. The Morgan fingerprint density at radius 2 is 1.61 bits per heavy atom. The van der Waals surface area contributed by atoms with Gasteiger partial charge in [-0.1, -0.05) is 12.1 Å². The number of sulfonamides is 1. The van der Waals surface area contributed by atoms with E-state index < -0.39 is 24.9 Å². The molecule has 0 aliphatic rings. The van der Waals surface area contributed by atoms with Crippen LogP contribution in [0.1, 0.15) is 5.56 Å². The summed E-state index contributed by atoms with van der Waals surface area (Å²) in [5.74, 6) is 0. The van der Waals surface area contributed by atoms with Crippen molar-refractivity contribution in [3.8, 4) is 0 Å². The van der Waals surface area contributed by atoms with Gasteiger partial charge in [0.15, 0.2) is 14.9 Å². The van der Waals surface area contributed by atoms with Crippen molar-refractivity contribution in [3.63, 3.8) is 0 Å². The van der Waals surface area contributed by atoms with Gasteiger partial charge in [0.1, 0.15) is 0 Å². The summed E-state index contributed by atoms with van der Waals surface area (Å²) in [4.78, 5) is 0. The predicted molar refractivity (Wildman–Crippen MR) is 71.4 cm³/mol. The first kappa shape index (κ1) is 14.9. The molecule has 8 heteroatoms. The molecule has 18 heavy (non-hydrogen) atoms. The quantitative estimate of drug-likeness (QED) is 0.818. The van der Waals surface area contributed by atoms with Crippen molar-refractivity contribution < 1.29 is 16.8 Å². The van der Waals surface area contributed by atoms with E-state index in [-0.39, 0.29) is 0 Å². The van der Waals surface area contributed by atoms with E-state index in [2.05, 4.69) is 0 Å². The van der Waals surface area contributed by atoms with E-state index in [0.29, 0.717) is 12.2 Å². The van der Waals surface area contributed by atoms with E-state index >= 15 is 0 Å². The van der Waals surface area contributed by atoms with Crippen LogP contribution in [-0.4, -0.2) is 35.2 Å². The van der Waals surface area contributed by atoms with Gasteiger partial charge in [0, 0.05) is 19.8 Å². The minimum Gasteiger partial charge on any atom is -0.326 e. The second-order valence-electron chi connectivity index (χ2n) is 3.99. The summed E-state index contributed by atoms with van der Waals surface area (Å²) in [6.07, 6.45) is 0.885. The lowest BCUT2D eigenvalue weighted by molar-refractivity contribution is 0.590. The van der Waals surface area contributed by atoms with Gasteiger partial charge in [-0.15, -0.1) is 0 Å². The Hall–Kier alpha value is -1.12. The highest BCUT2D eigenvalue weighted by Crippen LogP contribution is 2.17. The monoisotopic (exact) mass is 292 g/mol. The molecule has 0 radical (unpaired) electrons. The number of anilines is 1. The first-order chi connectivity index (χ1) is 8.15. The molecule has 0 aliphatic carbocycles. The van der Waals surface area contributed by atoms with Gasteiger partial charge >= 0.3 is 0 Å². The highest BCUT2D eigenvalue weighted by molar-refractivity contribution is 8.08. The van der Waals surface area contributed by atoms with E-state index in [1.54, 1.807) is 24.3 Å². The van der Waals surface area contributed by atoms with Gasteiger partial charge < -0.3 is 5.73 Å². The summed E-state index contributed by atoms with van der Waals surface area (Å²) in [5, 5.41) is -0.908. The van der Waals surface area contributed by atoms with Crippen LogP contribution in [0.4, 0.5) is 5.69 Å². The molecule has 0 spiro atoms. The maximum atomic E-state index is 11.8. The minimum absolute atomic E-state index is 0.361. The van der Waals surface area contributed by atoms with Crippen LogP contribution in [0.5, 0.6) is 0 Å². The summed E-state index contributed by atoms with van der Waals surface area (Å²) < 4.78 is 46.7.